The Morgan fingerprint density at radius 1 is 0.821 bits per heavy atom. The first-order valence-electron chi connectivity index (χ1n) is 9.06. The van der Waals surface area contributed by atoms with E-state index in [1.54, 1.807) is 36.4 Å². The third-order valence-corrected chi connectivity index (χ3v) is 4.92. The Balaban J connectivity index is 1.95. The average molecular weight is 369 g/mol. The summed E-state index contributed by atoms with van der Waals surface area (Å²) in [6, 6.07) is 24.8. The molecule has 1 aliphatic heterocycles. The summed E-state index contributed by atoms with van der Waals surface area (Å²) in [6.45, 7) is 1.97. The topological polar surface area (TPSA) is 57.6 Å². The molecule has 3 aromatic rings. The van der Waals surface area contributed by atoms with Crippen LogP contribution >= 0.6 is 0 Å². The number of aryl methyl sites for hydroxylation is 1. The second-order valence-electron chi connectivity index (χ2n) is 6.78. The van der Waals surface area contributed by atoms with Crippen LogP contribution in [0.15, 0.2) is 90.5 Å². The number of amides is 1. The van der Waals surface area contributed by atoms with Crippen LogP contribution in [0, 0.1) is 6.92 Å². The van der Waals surface area contributed by atoms with Crippen LogP contribution in [0.1, 0.15) is 22.7 Å². The van der Waals surface area contributed by atoms with Gasteiger partial charge in [0.2, 0.25) is 0 Å². The van der Waals surface area contributed by atoms with Crippen LogP contribution in [0.2, 0.25) is 0 Å². The van der Waals surface area contributed by atoms with Gasteiger partial charge in [0, 0.05) is 11.3 Å². The summed E-state index contributed by atoms with van der Waals surface area (Å²) in [4.78, 5) is 27.3. The van der Waals surface area contributed by atoms with Crippen molar-refractivity contribution < 1.29 is 14.7 Å². The van der Waals surface area contributed by atoms with E-state index in [9.17, 15) is 14.7 Å². The Hall–Kier alpha value is -3.66. The predicted molar refractivity (Wildman–Crippen MR) is 109 cm³/mol. The Morgan fingerprint density at radius 2 is 1.39 bits per heavy atom. The van der Waals surface area contributed by atoms with Crippen molar-refractivity contribution in [3.63, 3.8) is 0 Å². The maximum Gasteiger partial charge on any atom is 0.300 e. The van der Waals surface area contributed by atoms with Gasteiger partial charge in [-0.05, 0) is 24.6 Å². The predicted octanol–water partition coefficient (Wildman–Crippen LogP) is 4.62. The summed E-state index contributed by atoms with van der Waals surface area (Å²) < 4.78 is 0. The highest BCUT2D eigenvalue weighted by Crippen LogP contribution is 2.42. The van der Waals surface area contributed by atoms with Crippen LogP contribution in [0.3, 0.4) is 0 Å². The monoisotopic (exact) mass is 369 g/mol. The highest BCUT2D eigenvalue weighted by molar-refractivity contribution is 6.51. The summed E-state index contributed by atoms with van der Waals surface area (Å²) >= 11 is 0. The van der Waals surface area contributed by atoms with E-state index in [0.717, 1.165) is 11.1 Å². The van der Waals surface area contributed by atoms with Crippen LogP contribution < -0.4 is 4.90 Å². The maximum atomic E-state index is 12.9. The number of aliphatic hydroxyl groups is 1. The van der Waals surface area contributed by atoms with Crippen LogP contribution in [-0.2, 0) is 9.59 Å². The molecule has 0 aliphatic carbocycles. The van der Waals surface area contributed by atoms with Crippen molar-refractivity contribution in [1.82, 2.24) is 0 Å². The molecular weight excluding hydrogens is 350 g/mol. The van der Waals surface area contributed by atoms with Gasteiger partial charge in [0.05, 0.1) is 11.6 Å². The third-order valence-electron chi connectivity index (χ3n) is 4.92. The molecule has 0 aromatic heterocycles. The molecule has 1 fully saturated rings. The molecule has 1 aliphatic rings. The first-order valence-corrected chi connectivity index (χ1v) is 9.06. The lowest BCUT2D eigenvalue weighted by Gasteiger charge is -2.25. The number of Topliss-reactive ketones (excluding diaryl/α,β-unsaturated/α-hetero) is 1. The van der Waals surface area contributed by atoms with E-state index >= 15 is 0 Å². The van der Waals surface area contributed by atoms with Crippen LogP contribution in [0.25, 0.3) is 5.76 Å². The first kappa shape index (κ1) is 17.7. The molecule has 4 nitrogen and oxygen atoms in total. The van der Waals surface area contributed by atoms with E-state index in [1.165, 1.54) is 4.90 Å². The Kier molecular flexibility index (Phi) is 4.53. The number of anilines is 1. The second-order valence-corrected chi connectivity index (χ2v) is 6.78. The third kappa shape index (κ3) is 2.99. The SMILES string of the molecule is Cc1ccc(C2C(=C(O)c3ccccc3)C(=O)C(=O)N2c2ccccc2)cc1. The van der Waals surface area contributed by atoms with Gasteiger partial charge in [0.1, 0.15) is 5.76 Å². The zero-order chi connectivity index (χ0) is 19.7. The number of carbonyl (C=O) groups excluding carboxylic acids is 2. The highest BCUT2D eigenvalue weighted by Gasteiger charge is 2.46. The molecule has 0 saturated carbocycles. The maximum absolute atomic E-state index is 12.9. The van der Waals surface area contributed by atoms with Crippen molar-refractivity contribution in [2.75, 3.05) is 4.90 Å². The van der Waals surface area contributed by atoms with Gasteiger partial charge < -0.3 is 5.11 Å². The van der Waals surface area contributed by atoms with Crippen molar-refractivity contribution in [3.05, 3.63) is 107 Å². The van der Waals surface area contributed by atoms with E-state index in [4.69, 9.17) is 0 Å². The smallest absolute Gasteiger partial charge is 0.300 e. The summed E-state index contributed by atoms with van der Waals surface area (Å²) in [6.07, 6.45) is 0. The van der Waals surface area contributed by atoms with Gasteiger partial charge in [-0.1, -0.05) is 78.4 Å². The number of carbonyl (C=O) groups is 2. The van der Waals surface area contributed by atoms with Crippen LogP contribution in [-0.4, -0.2) is 16.8 Å². The summed E-state index contributed by atoms with van der Waals surface area (Å²) in [5, 5.41) is 10.9. The second kappa shape index (κ2) is 7.16. The van der Waals surface area contributed by atoms with Gasteiger partial charge >= 0.3 is 0 Å². The lowest BCUT2D eigenvalue weighted by Crippen LogP contribution is -2.29. The van der Waals surface area contributed by atoms with Gasteiger partial charge in [-0.25, -0.2) is 0 Å². The van der Waals surface area contributed by atoms with Gasteiger partial charge in [0.25, 0.3) is 11.7 Å². The number of ketones is 1. The van der Waals surface area contributed by atoms with E-state index < -0.39 is 17.7 Å². The highest BCUT2D eigenvalue weighted by atomic mass is 16.3. The molecular formula is C24H19NO3. The lowest BCUT2D eigenvalue weighted by atomic mass is 9.94. The van der Waals surface area contributed by atoms with Gasteiger partial charge in [-0.2, -0.15) is 0 Å². The number of hydrogen-bond acceptors (Lipinski definition) is 3. The number of nitrogens with zero attached hydrogens (tertiary/aromatic N) is 1. The number of rotatable bonds is 3. The Morgan fingerprint density at radius 3 is 2.00 bits per heavy atom. The lowest BCUT2D eigenvalue weighted by molar-refractivity contribution is -0.132. The molecule has 0 bridgehead atoms. The molecule has 0 spiro atoms. The molecule has 1 unspecified atom stereocenters. The molecule has 1 N–H and O–H groups in total. The molecule has 28 heavy (non-hydrogen) atoms. The van der Waals surface area contributed by atoms with E-state index in [-0.39, 0.29) is 11.3 Å². The van der Waals surface area contributed by atoms with Crippen LogP contribution in [0.4, 0.5) is 5.69 Å². The van der Waals surface area contributed by atoms with Crippen LogP contribution in [0.5, 0.6) is 0 Å². The number of para-hydroxylation sites is 1. The Labute approximate surface area is 163 Å². The molecule has 4 rings (SSSR count). The molecule has 1 saturated heterocycles. The molecule has 3 aromatic carbocycles. The van der Waals surface area contributed by atoms with E-state index in [1.807, 2.05) is 55.5 Å². The zero-order valence-corrected chi connectivity index (χ0v) is 15.4. The van der Waals surface area contributed by atoms with Crippen molar-refractivity contribution in [1.29, 1.82) is 0 Å². The number of hydrogen-bond donors (Lipinski definition) is 1. The first-order chi connectivity index (χ1) is 13.6. The largest absolute Gasteiger partial charge is 0.507 e. The quantitative estimate of drug-likeness (QED) is 0.416. The van der Waals surface area contributed by atoms with Crippen molar-refractivity contribution >= 4 is 23.1 Å². The summed E-state index contributed by atoms with van der Waals surface area (Å²) in [5.74, 6) is -1.49. The Bertz CT molecular complexity index is 1050. The minimum atomic E-state index is -0.691. The minimum absolute atomic E-state index is 0.101. The van der Waals surface area contributed by atoms with Crippen molar-refractivity contribution in [2.24, 2.45) is 0 Å². The van der Waals surface area contributed by atoms with Gasteiger partial charge in [-0.15, -0.1) is 0 Å². The van der Waals surface area contributed by atoms with Gasteiger partial charge in [-0.3, -0.25) is 14.5 Å². The number of benzene rings is 3. The molecule has 138 valence electrons. The fourth-order valence-electron chi connectivity index (χ4n) is 3.50. The van der Waals surface area contributed by atoms with E-state index in [0.29, 0.717) is 11.3 Å². The fraction of sp³-hybridized carbons (Fsp3) is 0.0833. The summed E-state index contributed by atoms with van der Waals surface area (Å²) in [7, 11) is 0. The standard InChI is InChI=1S/C24H19NO3/c1-16-12-14-17(15-13-16)21-20(22(26)18-8-4-2-5-9-18)23(27)24(28)25(21)19-10-6-3-7-11-19/h2-15,21,26H,1H3. The van der Waals surface area contributed by atoms with Crippen molar-refractivity contribution in [2.45, 2.75) is 13.0 Å². The minimum Gasteiger partial charge on any atom is -0.507 e. The molecule has 1 amide bonds. The van der Waals surface area contributed by atoms with Crippen molar-refractivity contribution in [3.8, 4) is 0 Å². The molecule has 1 heterocycles. The van der Waals surface area contributed by atoms with Gasteiger partial charge in [0.15, 0.2) is 0 Å². The normalized spacial score (nSPS) is 18.5. The number of aliphatic hydroxyl groups excluding tert-OH is 1. The molecule has 0 radical (unpaired) electrons. The zero-order valence-electron chi connectivity index (χ0n) is 15.4. The summed E-state index contributed by atoms with van der Waals surface area (Å²) in [5.41, 5.74) is 3.06. The molecule has 1 atom stereocenters. The molecule has 4 heteroatoms. The fourth-order valence-corrected chi connectivity index (χ4v) is 3.50. The van der Waals surface area contributed by atoms with E-state index in [2.05, 4.69) is 0 Å². The average Bonchev–Trinajstić information content (AvgIpc) is 3.00.